The van der Waals surface area contributed by atoms with Crippen molar-refractivity contribution in [3.63, 3.8) is 0 Å². The van der Waals surface area contributed by atoms with E-state index in [4.69, 9.17) is 11.6 Å². The maximum absolute atomic E-state index is 5.74. The Morgan fingerprint density at radius 3 is 2.46 bits per heavy atom. The van der Waals surface area contributed by atoms with E-state index in [1.54, 1.807) is 0 Å². The van der Waals surface area contributed by atoms with Gasteiger partial charge in [-0.15, -0.1) is 24.0 Å². The zero-order valence-corrected chi connectivity index (χ0v) is 9.67. The molecule has 0 aromatic rings. The summed E-state index contributed by atoms with van der Waals surface area (Å²) in [5.74, 6) is 0.802. The van der Waals surface area contributed by atoms with E-state index in [-0.39, 0.29) is 12.4 Å². The van der Waals surface area contributed by atoms with Crippen molar-refractivity contribution in [2.45, 2.75) is 32.1 Å². The van der Waals surface area contributed by atoms with E-state index in [2.05, 4.69) is 4.90 Å². The minimum atomic E-state index is 0. The summed E-state index contributed by atoms with van der Waals surface area (Å²) in [5.41, 5.74) is 0.728. The van der Waals surface area contributed by atoms with Gasteiger partial charge in [-0.2, -0.15) is 0 Å². The van der Waals surface area contributed by atoms with Gasteiger partial charge in [0.15, 0.2) is 0 Å². The Morgan fingerprint density at radius 2 is 1.85 bits per heavy atom. The van der Waals surface area contributed by atoms with Gasteiger partial charge in [0.05, 0.1) is 0 Å². The number of rotatable bonds is 2. The van der Waals surface area contributed by atoms with Gasteiger partial charge in [-0.1, -0.05) is 12.8 Å². The van der Waals surface area contributed by atoms with Crippen molar-refractivity contribution in [1.29, 1.82) is 0 Å². The van der Waals surface area contributed by atoms with Gasteiger partial charge in [0.25, 0.3) is 0 Å². The van der Waals surface area contributed by atoms with Gasteiger partial charge in [-0.25, -0.2) is 0 Å². The quantitative estimate of drug-likeness (QED) is 0.652. The van der Waals surface area contributed by atoms with Gasteiger partial charge in [0.2, 0.25) is 0 Å². The van der Waals surface area contributed by atoms with Crippen LogP contribution in [0.25, 0.3) is 0 Å². The Labute approximate surface area is 92.2 Å². The lowest BCUT2D eigenvalue weighted by Gasteiger charge is -2.22. The molecule has 0 amide bonds. The van der Waals surface area contributed by atoms with Crippen LogP contribution in [0.2, 0.25) is 0 Å². The molecule has 1 nitrogen and oxygen atoms in total. The Morgan fingerprint density at radius 1 is 1.15 bits per heavy atom. The maximum Gasteiger partial charge on any atom is 0.0351 e. The second-order valence-electron chi connectivity index (χ2n) is 4.42. The molecule has 13 heavy (non-hydrogen) atoms. The highest BCUT2D eigenvalue weighted by atomic mass is 35.5. The van der Waals surface area contributed by atoms with Crippen LogP contribution in [0.4, 0.5) is 0 Å². The van der Waals surface area contributed by atoms with Crippen molar-refractivity contribution in [2.24, 2.45) is 5.41 Å². The Bertz CT molecular complexity index is 155. The number of halogens is 2. The number of nitrogens with zero attached hydrogens (tertiary/aromatic N) is 1. The van der Waals surface area contributed by atoms with Crippen molar-refractivity contribution in [2.75, 3.05) is 25.5 Å². The van der Waals surface area contributed by atoms with Crippen LogP contribution < -0.4 is 0 Å². The molecule has 0 N–H and O–H groups in total. The number of alkyl halides is 1. The Balaban J connectivity index is 0.000000845. The number of hydrogen-bond donors (Lipinski definition) is 0. The standard InChI is InChI=1S/C10H18ClN.ClH/c11-6-8-12-7-5-10(9-12)3-1-2-4-10;/h1-9H2;1H. The molecule has 1 heterocycles. The lowest BCUT2D eigenvalue weighted by molar-refractivity contribution is 0.270. The Kier molecular flexibility index (Phi) is 4.34. The van der Waals surface area contributed by atoms with Crippen LogP contribution in [-0.4, -0.2) is 30.4 Å². The highest BCUT2D eigenvalue weighted by molar-refractivity contribution is 6.18. The first kappa shape index (κ1) is 11.6. The molecule has 78 valence electrons. The Hall–Kier alpha value is 0.540. The predicted octanol–water partition coefficient (Wildman–Crippen LogP) is 2.91. The van der Waals surface area contributed by atoms with Crippen molar-refractivity contribution >= 4 is 24.0 Å². The van der Waals surface area contributed by atoms with Crippen molar-refractivity contribution in [3.8, 4) is 0 Å². The van der Waals surface area contributed by atoms with E-state index in [0.717, 1.165) is 17.8 Å². The summed E-state index contributed by atoms with van der Waals surface area (Å²) in [5, 5.41) is 0. The zero-order chi connectivity index (χ0) is 8.44. The lowest BCUT2D eigenvalue weighted by atomic mass is 9.86. The second-order valence-corrected chi connectivity index (χ2v) is 4.80. The monoisotopic (exact) mass is 223 g/mol. The average molecular weight is 224 g/mol. The number of likely N-dealkylation sites (tertiary alicyclic amines) is 1. The van der Waals surface area contributed by atoms with Gasteiger partial charge in [-0.3, -0.25) is 0 Å². The first-order valence-corrected chi connectivity index (χ1v) is 5.66. The molecule has 2 rings (SSSR count). The molecule has 0 radical (unpaired) electrons. The van der Waals surface area contributed by atoms with Crippen LogP contribution in [-0.2, 0) is 0 Å². The zero-order valence-electron chi connectivity index (χ0n) is 8.10. The molecule has 0 bridgehead atoms. The molecular formula is C10H19Cl2N. The molecule has 1 spiro atoms. The minimum Gasteiger partial charge on any atom is -0.302 e. The van der Waals surface area contributed by atoms with Crippen LogP contribution >= 0.6 is 24.0 Å². The molecule has 1 saturated heterocycles. The average Bonchev–Trinajstić information content (AvgIpc) is 2.65. The number of hydrogen-bond acceptors (Lipinski definition) is 1. The van der Waals surface area contributed by atoms with Crippen LogP contribution in [0.5, 0.6) is 0 Å². The summed E-state index contributed by atoms with van der Waals surface area (Å²) >= 11 is 5.74. The molecular weight excluding hydrogens is 205 g/mol. The van der Waals surface area contributed by atoms with Crippen LogP contribution in [0.3, 0.4) is 0 Å². The van der Waals surface area contributed by atoms with Gasteiger partial charge < -0.3 is 4.90 Å². The molecule has 2 aliphatic rings. The topological polar surface area (TPSA) is 3.24 Å². The van der Waals surface area contributed by atoms with Crippen molar-refractivity contribution in [1.82, 2.24) is 4.90 Å². The highest BCUT2D eigenvalue weighted by Gasteiger charge is 2.39. The fourth-order valence-electron chi connectivity index (χ4n) is 2.87. The molecule has 1 aliphatic carbocycles. The van der Waals surface area contributed by atoms with Crippen molar-refractivity contribution < 1.29 is 0 Å². The summed E-state index contributed by atoms with van der Waals surface area (Å²) in [6, 6.07) is 0. The van der Waals surface area contributed by atoms with Crippen LogP contribution in [0.15, 0.2) is 0 Å². The fraction of sp³-hybridized carbons (Fsp3) is 1.00. The fourth-order valence-corrected chi connectivity index (χ4v) is 3.11. The smallest absolute Gasteiger partial charge is 0.0351 e. The summed E-state index contributed by atoms with van der Waals surface area (Å²) in [6.07, 6.45) is 7.32. The molecule has 2 fully saturated rings. The van der Waals surface area contributed by atoms with E-state index in [0.29, 0.717) is 0 Å². The summed E-state index contributed by atoms with van der Waals surface area (Å²) in [4.78, 5) is 2.54. The molecule has 0 unspecified atom stereocenters. The van der Waals surface area contributed by atoms with Gasteiger partial charge in [0.1, 0.15) is 0 Å². The van der Waals surface area contributed by atoms with Crippen molar-refractivity contribution in [3.05, 3.63) is 0 Å². The molecule has 3 heteroatoms. The third-order valence-electron chi connectivity index (χ3n) is 3.58. The summed E-state index contributed by atoms with van der Waals surface area (Å²) in [7, 11) is 0. The second kappa shape index (κ2) is 4.86. The van der Waals surface area contributed by atoms with E-state index in [1.165, 1.54) is 45.2 Å². The maximum atomic E-state index is 5.74. The highest BCUT2D eigenvalue weighted by Crippen LogP contribution is 2.45. The summed E-state index contributed by atoms with van der Waals surface area (Å²) in [6.45, 7) is 3.73. The first-order chi connectivity index (χ1) is 5.85. The normalized spacial score (nSPS) is 26.5. The SMILES string of the molecule is Cl.ClCCN1CCC2(CCCC2)C1. The molecule has 1 saturated carbocycles. The van der Waals surface area contributed by atoms with Gasteiger partial charge in [0, 0.05) is 19.0 Å². The van der Waals surface area contributed by atoms with E-state index >= 15 is 0 Å². The molecule has 0 aromatic carbocycles. The van der Waals surface area contributed by atoms with Gasteiger partial charge in [-0.05, 0) is 31.2 Å². The third kappa shape index (κ3) is 2.51. The third-order valence-corrected chi connectivity index (χ3v) is 3.75. The minimum absolute atomic E-state index is 0. The summed E-state index contributed by atoms with van der Waals surface area (Å²) < 4.78 is 0. The van der Waals surface area contributed by atoms with E-state index in [9.17, 15) is 0 Å². The lowest BCUT2D eigenvalue weighted by Crippen LogP contribution is -2.26. The molecule has 0 atom stereocenters. The van der Waals surface area contributed by atoms with Crippen LogP contribution in [0.1, 0.15) is 32.1 Å². The predicted molar refractivity (Wildman–Crippen MR) is 59.9 cm³/mol. The molecule has 1 aliphatic heterocycles. The van der Waals surface area contributed by atoms with E-state index in [1.807, 2.05) is 0 Å². The molecule has 0 aromatic heterocycles. The first-order valence-electron chi connectivity index (χ1n) is 5.13. The largest absolute Gasteiger partial charge is 0.302 e. The van der Waals surface area contributed by atoms with Gasteiger partial charge >= 0.3 is 0 Å². The van der Waals surface area contributed by atoms with E-state index < -0.39 is 0 Å². The van der Waals surface area contributed by atoms with Crippen LogP contribution in [0, 0.1) is 5.41 Å².